The zero-order valence-electron chi connectivity index (χ0n) is 15.9. The molecule has 0 bridgehead atoms. The zero-order chi connectivity index (χ0) is 18.6. The number of rotatable bonds is 7. The van der Waals surface area contributed by atoms with Crippen LogP contribution in [0.1, 0.15) is 43.1 Å². The number of ether oxygens (including phenoxy) is 1. The molecule has 7 heteroatoms. The summed E-state index contributed by atoms with van der Waals surface area (Å²) in [5.41, 5.74) is 1.26. The predicted molar refractivity (Wildman–Crippen MR) is 102 cm³/mol. The van der Waals surface area contributed by atoms with Crippen molar-refractivity contribution in [3.05, 3.63) is 36.2 Å². The van der Waals surface area contributed by atoms with Crippen LogP contribution in [0.4, 0.5) is 0 Å². The monoisotopic (exact) mass is 369 g/mol. The van der Waals surface area contributed by atoms with Gasteiger partial charge in [0.05, 0.1) is 18.5 Å². The molecule has 2 aromatic rings. The Morgan fingerprint density at radius 1 is 1.19 bits per heavy atom. The van der Waals surface area contributed by atoms with Gasteiger partial charge in [0, 0.05) is 25.7 Å². The van der Waals surface area contributed by atoms with Crippen molar-refractivity contribution >= 4 is 5.91 Å². The highest BCUT2D eigenvalue weighted by molar-refractivity contribution is 5.92. The minimum Gasteiger partial charge on any atom is -0.494 e. The van der Waals surface area contributed by atoms with Gasteiger partial charge >= 0.3 is 0 Å². The van der Waals surface area contributed by atoms with Crippen molar-refractivity contribution in [1.29, 1.82) is 0 Å². The maximum Gasteiger partial charge on any atom is 0.276 e. The number of carbonyl (C=O) groups excluding carboxylic acids is 1. The Morgan fingerprint density at radius 3 is 2.67 bits per heavy atom. The van der Waals surface area contributed by atoms with Crippen LogP contribution in [-0.4, -0.2) is 69.5 Å². The summed E-state index contributed by atoms with van der Waals surface area (Å²) >= 11 is 0. The molecule has 2 fully saturated rings. The third kappa shape index (κ3) is 4.13. The fourth-order valence-electron chi connectivity index (χ4n) is 3.65. The molecule has 4 rings (SSSR count). The zero-order valence-corrected chi connectivity index (χ0v) is 15.9. The Bertz CT molecular complexity index is 769. The van der Waals surface area contributed by atoms with Gasteiger partial charge in [0.25, 0.3) is 5.91 Å². The number of hydrogen-bond donors (Lipinski definition) is 0. The van der Waals surface area contributed by atoms with Crippen LogP contribution < -0.4 is 4.74 Å². The molecule has 7 nitrogen and oxygen atoms in total. The molecule has 2 aliphatic heterocycles. The van der Waals surface area contributed by atoms with Crippen molar-refractivity contribution in [1.82, 2.24) is 24.8 Å². The van der Waals surface area contributed by atoms with E-state index in [1.54, 1.807) is 15.8 Å². The second-order valence-electron chi connectivity index (χ2n) is 7.42. The first-order chi connectivity index (χ1) is 13.2. The molecule has 1 amide bonds. The number of carbonyl (C=O) groups is 1. The number of amides is 1. The van der Waals surface area contributed by atoms with Crippen LogP contribution in [0, 0.1) is 0 Å². The van der Waals surface area contributed by atoms with Gasteiger partial charge in [0.15, 0.2) is 5.69 Å². The molecule has 3 heterocycles. The lowest BCUT2D eigenvalue weighted by Crippen LogP contribution is -2.42. The average molecular weight is 369 g/mol. The molecule has 0 spiro atoms. The normalized spacial score (nSPS) is 19.9. The third-order valence-electron chi connectivity index (χ3n) is 5.51. The molecule has 2 saturated heterocycles. The maximum absolute atomic E-state index is 12.2. The van der Waals surface area contributed by atoms with Gasteiger partial charge in [-0.25, -0.2) is 4.68 Å². The molecule has 27 heavy (non-hydrogen) atoms. The molecule has 1 aromatic heterocycles. The van der Waals surface area contributed by atoms with Crippen molar-refractivity contribution in [2.45, 2.75) is 38.6 Å². The topological polar surface area (TPSA) is 63.5 Å². The Balaban J connectivity index is 1.27. The number of hydrogen-bond acceptors (Lipinski definition) is 5. The number of nitrogens with zero attached hydrogens (tertiary/aromatic N) is 5. The Morgan fingerprint density at radius 2 is 2.00 bits per heavy atom. The van der Waals surface area contributed by atoms with Gasteiger partial charge in [0.1, 0.15) is 5.75 Å². The minimum absolute atomic E-state index is 0.0419. The molecule has 0 unspecified atom stereocenters. The quantitative estimate of drug-likeness (QED) is 0.701. The fourth-order valence-corrected chi connectivity index (χ4v) is 3.65. The molecule has 2 aliphatic rings. The van der Waals surface area contributed by atoms with Crippen molar-refractivity contribution in [3.8, 4) is 11.4 Å². The molecule has 0 saturated carbocycles. The van der Waals surface area contributed by atoms with Crippen LogP contribution in [0.5, 0.6) is 5.75 Å². The Labute approximate surface area is 159 Å². The van der Waals surface area contributed by atoms with E-state index < -0.39 is 0 Å². The van der Waals surface area contributed by atoms with E-state index in [0.717, 1.165) is 50.5 Å². The molecular weight excluding hydrogens is 342 g/mol. The first kappa shape index (κ1) is 18.0. The van der Waals surface area contributed by atoms with E-state index in [2.05, 4.69) is 22.1 Å². The van der Waals surface area contributed by atoms with Gasteiger partial charge in [-0.05, 0) is 63.4 Å². The summed E-state index contributed by atoms with van der Waals surface area (Å²) in [6.07, 6.45) is 6.43. The van der Waals surface area contributed by atoms with Crippen LogP contribution in [-0.2, 0) is 0 Å². The maximum atomic E-state index is 12.2. The molecule has 0 aliphatic carbocycles. The minimum atomic E-state index is -0.0419. The van der Waals surface area contributed by atoms with E-state index in [1.165, 1.54) is 19.4 Å². The highest BCUT2D eigenvalue weighted by atomic mass is 16.5. The van der Waals surface area contributed by atoms with Crippen molar-refractivity contribution in [2.24, 2.45) is 0 Å². The third-order valence-corrected chi connectivity index (χ3v) is 5.51. The van der Waals surface area contributed by atoms with Crippen LogP contribution in [0.3, 0.4) is 0 Å². The first-order valence-electron chi connectivity index (χ1n) is 9.89. The summed E-state index contributed by atoms with van der Waals surface area (Å²) in [6.45, 7) is 6.98. The lowest BCUT2D eigenvalue weighted by molar-refractivity contribution is 0.0645. The SMILES string of the molecule is C[C@@H]1CCCN1CCCOc1ccc(-n2cc(C(=O)N3CCC3)nn2)cc1. The van der Waals surface area contributed by atoms with E-state index in [-0.39, 0.29) is 5.91 Å². The summed E-state index contributed by atoms with van der Waals surface area (Å²) in [5.74, 6) is 0.810. The lowest BCUT2D eigenvalue weighted by atomic mass is 10.2. The molecule has 0 radical (unpaired) electrons. The van der Waals surface area contributed by atoms with Crippen molar-refractivity contribution < 1.29 is 9.53 Å². The average Bonchev–Trinajstić information content (AvgIpc) is 3.27. The number of aromatic nitrogens is 3. The van der Waals surface area contributed by atoms with Crippen LogP contribution in [0.2, 0.25) is 0 Å². The van der Waals surface area contributed by atoms with Crippen molar-refractivity contribution in [2.75, 3.05) is 32.8 Å². The summed E-state index contributed by atoms with van der Waals surface area (Å²) in [4.78, 5) is 16.5. The predicted octanol–water partition coefficient (Wildman–Crippen LogP) is 2.37. The highest BCUT2D eigenvalue weighted by Crippen LogP contribution is 2.18. The second kappa shape index (κ2) is 8.08. The largest absolute Gasteiger partial charge is 0.494 e. The van der Waals surface area contributed by atoms with E-state index in [1.807, 2.05) is 24.3 Å². The highest BCUT2D eigenvalue weighted by Gasteiger charge is 2.24. The number of benzene rings is 1. The number of likely N-dealkylation sites (tertiary alicyclic amines) is 2. The Hall–Kier alpha value is -2.41. The van der Waals surface area contributed by atoms with Gasteiger partial charge in [-0.1, -0.05) is 5.21 Å². The van der Waals surface area contributed by atoms with Gasteiger partial charge in [0.2, 0.25) is 0 Å². The van der Waals surface area contributed by atoms with E-state index >= 15 is 0 Å². The molecule has 144 valence electrons. The lowest BCUT2D eigenvalue weighted by Gasteiger charge is -2.29. The van der Waals surface area contributed by atoms with Crippen LogP contribution in [0.25, 0.3) is 5.69 Å². The van der Waals surface area contributed by atoms with Gasteiger partial charge in [-0.3, -0.25) is 4.79 Å². The van der Waals surface area contributed by atoms with Gasteiger partial charge in [-0.2, -0.15) is 0 Å². The molecular formula is C20H27N5O2. The van der Waals surface area contributed by atoms with Crippen molar-refractivity contribution in [3.63, 3.8) is 0 Å². The molecule has 1 aromatic carbocycles. The summed E-state index contributed by atoms with van der Waals surface area (Å²) in [5, 5.41) is 8.09. The van der Waals surface area contributed by atoms with E-state index in [0.29, 0.717) is 11.7 Å². The summed E-state index contributed by atoms with van der Waals surface area (Å²) in [6, 6.07) is 8.46. The van der Waals surface area contributed by atoms with Gasteiger partial charge < -0.3 is 14.5 Å². The standard InChI is InChI=1S/C20H27N5O2/c1-16-5-2-10-23(16)13-4-14-27-18-8-6-17(7-9-18)25-15-19(21-22-25)20(26)24-11-3-12-24/h6-9,15-16H,2-5,10-14H2,1H3/t16-/m1/s1. The summed E-state index contributed by atoms with van der Waals surface area (Å²) in [7, 11) is 0. The Kier molecular flexibility index (Phi) is 5.38. The fraction of sp³-hybridized carbons (Fsp3) is 0.550. The second-order valence-corrected chi connectivity index (χ2v) is 7.42. The van der Waals surface area contributed by atoms with E-state index in [4.69, 9.17) is 4.74 Å². The first-order valence-corrected chi connectivity index (χ1v) is 9.89. The summed E-state index contributed by atoms with van der Waals surface area (Å²) < 4.78 is 7.49. The molecule has 0 N–H and O–H groups in total. The van der Waals surface area contributed by atoms with Crippen LogP contribution >= 0.6 is 0 Å². The molecule has 1 atom stereocenters. The van der Waals surface area contributed by atoms with Crippen LogP contribution in [0.15, 0.2) is 30.5 Å². The van der Waals surface area contributed by atoms with E-state index in [9.17, 15) is 4.79 Å². The van der Waals surface area contributed by atoms with Gasteiger partial charge in [-0.15, -0.1) is 5.10 Å². The smallest absolute Gasteiger partial charge is 0.276 e.